The average molecular weight is 388 g/mol. The highest BCUT2D eigenvalue weighted by atomic mass is 16.5. The van der Waals surface area contributed by atoms with Crippen LogP contribution >= 0.6 is 0 Å². The Morgan fingerprint density at radius 2 is 1.21 bits per heavy atom. The molecule has 0 aliphatic carbocycles. The maximum atomic E-state index is 5.91. The van der Waals surface area contributed by atoms with Gasteiger partial charge in [-0.05, 0) is 35.4 Å². The zero-order valence-electron chi connectivity index (χ0n) is 18.5. The molecule has 152 valence electrons. The van der Waals surface area contributed by atoms with Crippen molar-refractivity contribution in [2.45, 2.75) is 52.5 Å². The van der Waals surface area contributed by atoms with Gasteiger partial charge in [0.15, 0.2) is 0 Å². The molecule has 0 aliphatic heterocycles. The van der Waals surface area contributed by atoms with Gasteiger partial charge < -0.3 is 10.1 Å². The molecular weight excluding hydrogens is 354 g/mol. The lowest BCUT2D eigenvalue weighted by Gasteiger charge is -2.26. The molecule has 0 radical (unpaired) electrons. The molecule has 0 aromatic heterocycles. The second-order valence-corrected chi connectivity index (χ2v) is 8.28. The SMILES string of the molecule is COc1c(-c2ccccc2)cccc1C(C)Nc1c(C(C)C)cccc1C(C)C. The van der Waals surface area contributed by atoms with Crippen molar-refractivity contribution < 1.29 is 4.74 Å². The molecule has 2 heteroatoms. The monoisotopic (exact) mass is 387 g/mol. The number of methoxy groups -OCH3 is 1. The van der Waals surface area contributed by atoms with Crippen LogP contribution in [0.3, 0.4) is 0 Å². The largest absolute Gasteiger partial charge is 0.496 e. The molecule has 3 aromatic carbocycles. The van der Waals surface area contributed by atoms with Crippen LogP contribution in [0.2, 0.25) is 0 Å². The highest BCUT2D eigenvalue weighted by Crippen LogP contribution is 2.39. The van der Waals surface area contributed by atoms with Crippen molar-refractivity contribution in [2.24, 2.45) is 0 Å². The van der Waals surface area contributed by atoms with Crippen molar-refractivity contribution >= 4 is 5.69 Å². The minimum Gasteiger partial charge on any atom is -0.496 e. The summed E-state index contributed by atoms with van der Waals surface area (Å²) in [4.78, 5) is 0. The summed E-state index contributed by atoms with van der Waals surface area (Å²) in [7, 11) is 1.76. The maximum Gasteiger partial charge on any atom is 0.131 e. The quantitative estimate of drug-likeness (QED) is 0.447. The van der Waals surface area contributed by atoms with Gasteiger partial charge in [-0.1, -0.05) is 94.4 Å². The van der Waals surface area contributed by atoms with Gasteiger partial charge in [0.2, 0.25) is 0 Å². The van der Waals surface area contributed by atoms with Crippen LogP contribution in [0.1, 0.15) is 69.2 Å². The van der Waals surface area contributed by atoms with E-state index in [0.717, 1.165) is 11.3 Å². The molecule has 29 heavy (non-hydrogen) atoms. The number of para-hydroxylation sites is 2. The molecule has 0 saturated carbocycles. The van der Waals surface area contributed by atoms with Crippen molar-refractivity contribution in [1.29, 1.82) is 0 Å². The van der Waals surface area contributed by atoms with Gasteiger partial charge in [-0.3, -0.25) is 0 Å². The van der Waals surface area contributed by atoms with Crippen LogP contribution in [0.5, 0.6) is 5.75 Å². The number of benzene rings is 3. The van der Waals surface area contributed by atoms with Crippen LogP contribution in [0.25, 0.3) is 11.1 Å². The summed E-state index contributed by atoms with van der Waals surface area (Å²) < 4.78 is 5.91. The number of rotatable bonds is 7. The van der Waals surface area contributed by atoms with Crippen molar-refractivity contribution in [1.82, 2.24) is 0 Å². The minimum absolute atomic E-state index is 0.117. The van der Waals surface area contributed by atoms with Crippen LogP contribution in [-0.2, 0) is 0 Å². The third-order valence-corrected chi connectivity index (χ3v) is 5.53. The lowest BCUT2D eigenvalue weighted by Crippen LogP contribution is -2.13. The molecule has 1 N–H and O–H groups in total. The van der Waals surface area contributed by atoms with E-state index in [0.29, 0.717) is 11.8 Å². The first-order valence-electron chi connectivity index (χ1n) is 10.6. The van der Waals surface area contributed by atoms with E-state index in [1.165, 1.54) is 27.9 Å². The van der Waals surface area contributed by atoms with E-state index in [-0.39, 0.29) is 6.04 Å². The molecule has 0 aliphatic rings. The zero-order chi connectivity index (χ0) is 21.0. The van der Waals surface area contributed by atoms with Gasteiger partial charge in [-0.25, -0.2) is 0 Å². The Hall–Kier alpha value is -2.74. The van der Waals surface area contributed by atoms with Crippen molar-refractivity contribution in [3.05, 3.63) is 83.4 Å². The number of hydrogen-bond donors (Lipinski definition) is 1. The number of nitrogens with one attached hydrogen (secondary N) is 1. The summed E-state index contributed by atoms with van der Waals surface area (Å²) in [6, 6.07) is 23.6. The van der Waals surface area contributed by atoms with E-state index < -0.39 is 0 Å². The highest BCUT2D eigenvalue weighted by Gasteiger charge is 2.20. The average Bonchev–Trinajstić information content (AvgIpc) is 2.73. The number of hydrogen-bond acceptors (Lipinski definition) is 2. The predicted octanol–water partition coefficient (Wildman–Crippen LogP) is 7.78. The zero-order valence-corrected chi connectivity index (χ0v) is 18.5. The minimum atomic E-state index is 0.117. The Bertz CT molecular complexity index is 918. The molecular formula is C27H33NO. The summed E-state index contributed by atoms with van der Waals surface area (Å²) in [5.74, 6) is 1.86. The van der Waals surface area contributed by atoms with Gasteiger partial charge in [0, 0.05) is 16.8 Å². The molecule has 0 bridgehead atoms. The molecule has 0 fully saturated rings. The number of anilines is 1. The molecule has 0 heterocycles. The normalized spacial score (nSPS) is 12.3. The van der Waals surface area contributed by atoms with Gasteiger partial charge in [0.1, 0.15) is 5.75 Å². The van der Waals surface area contributed by atoms with Crippen LogP contribution in [0.4, 0.5) is 5.69 Å². The fourth-order valence-electron chi connectivity index (χ4n) is 3.98. The first-order chi connectivity index (χ1) is 13.9. The van der Waals surface area contributed by atoms with Gasteiger partial charge in [-0.15, -0.1) is 0 Å². The second-order valence-electron chi connectivity index (χ2n) is 8.28. The summed E-state index contributed by atoms with van der Waals surface area (Å²) in [6.45, 7) is 11.2. The van der Waals surface area contributed by atoms with Crippen LogP contribution < -0.4 is 10.1 Å². The number of ether oxygens (including phenoxy) is 1. The van der Waals surface area contributed by atoms with E-state index in [1.54, 1.807) is 7.11 Å². The summed E-state index contributed by atoms with van der Waals surface area (Å²) in [5, 5.41) is 3.83. The van der Waals surface area contributed by atoms with Crippen LogP contribution in [0.15, 0.2) is 66.7 Å². The summed E-state index contributed by atoms with van der Waals surface area (Å²) in [5.41, 5.74) is 7.45. The Balaban J connectivity index is 2.04. The topological polar surface area (TPSA) is 21.3 Å². The predicted molar refractivity (Wildman–Crippen MR) is 125 cm³/mol. The molecule has 3 rings (SSSR count). The van der Waals surface area contributed by atoms with Gasteiger partial charge in [0.25, 0.3) is 0 Å². The van der Waals surface area contributed by atoms with E-state index in [2.05, 4.69) is 101 Å². The van der Waals surface area contributed by atoms with Gasteiger partial charge >= 0.3 is 0 Å². The highest BCUT2D eigenvalue weighted by molar-refractivity contribution is 5.73. The lowest BCUT2D eigenvalue weighted by atomic mass is 9.91. The third kappa shape index (κ3) is 4.48. The first kappa shape index (κ1) is 21.0. The molecule has 0 amide bonds. The molecule has 0 spiro atoms. The van der Waals surface area contributed by atoms with Crippen LogP contribution in [0, 0.1) is 0 Å². The molecule has 0 saturated heterocycles. The Kier molecular flexibility index (Phi) is 6.64. The standard InChI is InChI=1S/C27H33NO/c1-18(2)22-14-10-15-23(19(3)4)26(22)28-20(5)24-16-11-17-25(27(24)29-6)21-12-8-7-9-13-21/h7-20,28H,1-6H3. The second kappa shape index (κ2) is 9.17. The van der Waals surface area contributed by atoms with Crippen molar-refractivity contribution in [3.63, 3.8) is 0 Å². The first-order valence-corrected chi connectivity index (χ1v) is 10.6. The summed E-state index contributed by atoms with van der Waals surface area (Å²) in [6.07, 6.45) is 0. The molecule has 2 nitrogen and oxygen atoms in total. The third-order valence-electron chi connectivity index (χ3n) is 5.53. The van der Waals surface area contributed by atoms with E-state index in [1.807, 2.05) is 6.07 Å². The van der Waals surface area contributed by atoms with E-state index in [9.17, 15) is 0 Å². The van der Waals surface area contributed by atoms with Gasteiger partial charge in [0.05, 0.1) is 13.2 Å². The van der Waals surface area contributed by atoms with E-state index >= 15 is 0 Å². The van der Waals surface area contributed by atoms with Crippen molar-refractivity contribution in [3.8, 4) is 16.9 Å². The molecule has 1 unspecified atom stereocenters. The molecule has 3 aromatic rings. The maximum absolute atomic E-state index is 5.91. The fraction of sp³-hybridized carbons (Fsp3) is 0.333. The molecule has 1 atom stereocenters. The van der Waals surface area contributed by atoms with E-state index in [4.69, 9.17) is 4.74 Å². The smallest absolute Gasteiger partial charge is 0.131 e. The Morgan fingerprint density at radius 1 is 0.655 bits per heavy atom. The van der Waals surface area contributed by atoms with Gasteiger partial charge in [-0.2, -0.15) is 0 Å². The van der Waals surface area contributed by atoms with Crippen LogP contribution in [-0.4, -0.2) is 7.11 Å². The lowest BCUT2D eigenvalue weighted by molar-refractivity contribution is 0.409. The Morgan fingerprint density at radius 3 is 1.76 bits per heavy atom. The van der Waals surface area contributed by atoms with Crippen molar-refractivity contribution in [2.75, 3.05) is 12.4 Å². The fourth-order valence-corrected chi connectivity index (χ4v) is 3.98. The summed E-state index contributed by atoms with van der Waals surface area (Å²) >= 11 is 0. The Labute approximate surface area is 175 Å².